The van der Waals surface area contributed by atoms with Crippen LogP contribution in [-0.4, -0.2) is 27.8 Å². The third-order valence-electron chi connectivity index (χ3n) is 4.62. The lowest BCUT2D eigenvalue weighted by molar-refractivity contribution is -0.118. The molecule has 1 fully saturated rings. The van der Waals surface area contributed by atoms with E-state index in [-0.39, 0.29) is 17.2 Å². The van der Waals surface area contributed by atoms with Crippen LogP contribution in [0.25, 0.3) is 16.6 Å². The van der Waals surface area contributed by atoms with Crippen molar-refractivity contribution in [1.29, 1.82) is 5.26 Å². The first-order chi connectivity index (χ1) is 13.7. The lowest BCUT2D eigenvalue weighted by Gasteiger charge is -2.13. The van der Waals surface area contributed by atoms with Crippen LogP contribution in [0.3, 0.4) is 0 Å². The van der Waals surface area contributed by atoms with Crippen molar-refractivity contribution in [3.63, 3.8) is 0 Å². The molecule has 4 rings (SSSR count). The zero-order valence-electron chi connectivity index (χ0n) is 15.1. The minimum Gasteiger partial charge on any atom is -0.355 e. The van der Waals surface area contributed by atoms with Crippen molar-refractivity contribution in [2.24, 2.45) is 5.92 Å². The number of nitriles is 1. The molecule has 1 aromatic heterocycles. The second-order valence-electron chi connectivity index (χ2n) is 6.75. The summed E-state index contributed by atoms with van der Waals surface area (Å²) in [6.07, 6.45) is 2.36. The van der Waals surface area contributed by atoms with Gasteiger partial charge in [-0.25, -0.2) is 4.98 Å². The van der Waals surface area contributed by atoms with E-state index in [1.54, 1.807) is 42.5 Å². The van der Waals surface area contributed by atoms with Gasteiger partial charge in [0.15, 0.2) is 5.16 Å². The second kappa shape index (κ2) is 7.87. The molecule has 0 atom stereocenters. The number of nitrogens with one attached hydrogen (secondary N) is 1. The Labute approximate surface area is 166 Å². The number of amides is 1. The van der Waals surface area contributed by atoms with Gasteiger partial charge < -0.3 is 5.32 Å². The van der Waals surface area contributed by atoms with Crippen LogP contribution < -0.4 is 10.9 Å². The van der Waals surface area contributed by atoms with E-state index in [9.17, 15) is 9.59 Å². The number of carbonyl (C=O) groups is 1. The van der Waals surface area contributed by atoms with E-state index in [1.807, 2.05) is 6.07 Å². The number of nitrogens with zero attached hydrogens (tertiary/aromatic N) is 3. The van der Waals surface area contributed by atoms with Crippen molar-refractivity contribution >= 4 is 28.6 Å². The number of aromatic nitrogens is 2. The fourth-order valence-corrected chi connectivity index (χ4v) is 3.73. The van der Waals surface area contributed by atoms with Gasteiger partial charge in [0.1, 0.15) is 0 Å². The van der Waals surface area contributed by atoms with Gasteiger partial charge in [0.05, 0.1) is 34.0 Å². The molecule has 0 aliphatic heterocycles. The van der Waals surface area contributed by atoms with Crippen LogP contribution in [0.2, 0.25) is 0 Å². The summed E-state index contributed by atoms with van der Waals surface area (Å²) < 4.78 is 1.50. The molecule has 3 aromatic rings. The summed E-state index contributed by atoms with van der Waals surface area (Å²) in [6.45, 7) is 0.715. The maximum absolute atomic E-state index is 13.1. The molecule has 1 aliphatic carbocycles. The summed E-state index contributed by atoms with van der Waals surface area (Å²) in [6, 6.07) is 16.0. The van der Waals surface area contributed by atoms with Crippen LogP contribution in [0, 0.1) is 17.2 Å². The van der Waals surface area contributed by atoms with Gasteiger partial charge in [0.25, 0.3) is 5.56 Å². The summed E-state index contributed by atoms with van der Waals surface area (Å²) in [4.78, 5) is 29.9. The Hall–Kier alpha value is -3.11. The van der Waals surface area contributed by atoms with Crippen molar-refractivity contribution in [3.05, 3.63) is 64.4 Å². The predicted molar refractivity (Wildman–Crippen MR) is 109 cm³/mol. The van der Waals surface area contributed by atoms with Crippen LogP contribution in [0.5, 0.6) is 0 Å². The smallest absolute Gasteiger partial charge is 0.266 e. The number of fused-ring (bicyclic) bond motifs is 1. The van der Waals surface area contributed by atoms with Gasteiger partial charge in [0.2, 0.25) is 5.91 Å². The first kappa shape index (κ1) is 18.3. The molecule has 0 saturated heterocycles. The molecule has 0 spiro atoms. The quantitative estimate of drug-likeness (QED) is 0.516. The highest BCUT2D eigenvalue weighted by Crippen LogP contribution is 2.27. The molecule has 1 saturated carbocycles. The third kappa shape index (κ3) is 3.92. The van der Waals surface area contributed by atoms with E-state index in [0.29, 0.717) is 39.8 Å². The van der Waals surface area contributed by atoms with Crippen molar-refractivity contribution < 1.29 is 4.79 Å². The van der Waals surface area contributed by atoms with Gasteiger partial charge in [-0.05, 0) is 55.2 Å². The summed E-state index contributed by atoms with van der Waals surface area (Å²) in [5.74, 6) is 0.739. The molecule has 0 unspecified atom stereocenters. The Kier molecular flexibility index (Phi) is 5.13. The molecular formula is C21H18N4O2S. The van der Waals surface area contributed by atoms with Crippen molar-refractivity contribution in [3.8, 4) is 11.8 Å². The molecule has 1 heterocycles. The molecule has 28 heavy (non-hydrogen) atoms. The van der Waals surface area contributed by atoms with Crippen molar-refractivity contribution in [1.82, 2.24) is 14.9 Å². The van der Waals surface area contributed by atoms with E-state index < -0.39 is 0 Å². The van der Waals surface area contributed by atoms with E-state index in [2.05, 4.69) is 16.4 Å². The van der Waals surface area contributed by atoms with Gasteiger partial charge in [-0.1, -0.05) is 23.9 Å². The number of hydrogen-bond acceptors (Lipinski definition) is 5. The third-order valence-corrected chi connectivity index (χ3v) is 5.56. The average molecular weight is 390 g/mol. The molecule has 0 radical (unpaired) electrons. The number of rotatable bonds is 6. The summed E-state index contributed by atoms with van der Waals surface area (Å²) in [5, 5.41) is 12.9. The lowest BCUT2D eigenvalue weighted by Crippen LogP contribution is -2.28. The number of para-hydroxylation sites is 1. The maximum atomic E-state index is 13.1. The Balaban J connectivity index is 1.69. The normalized spacial score (nSPS) is 13.2. The van der Waals surface area contributed by atoms with Crippen molar-refractivity contribution in [2.75, 3.05) is 12.3 Å². The predicted octanol–water partition coefficient (Wildman–Crippen LogP) is 2.88. The second-order valence-corrected chi connectivity index (χ2v) is 7.69. The van der Waals surface area contributed by atoms with Crippen molar-refractivity contribution in [2.45, 2.75) is 18.0 Å². The topological polar surface area (TPSA) is 87.8 Å². The average Bonchev–Trinajstić information content (AvgIpc) is 3.55. The number of carbonyl (C=O) groups excluding carboxylic acids is 1. The van der Waals surface area contributed by atoms with Crippen LogP contribution in [0.1, 0.15) is 18.4 Å². The molecule has 1 amide bonds. The van der Waals surface area contributed by atoms with Gasteiger partial charge in [-0.15, -0.1) is 0 Å². The first-order valence-electron chi connectivity index (χ1n) is 9.07. The van der Waals surface area contributed by atoms with Gasteiger partial charge >= 0.3 is 0 Å². The largest absolute Gasteiger partial charge is 0.355 e. The summed E-state index contributed by atoms with van der Waals surface area (Å²) in [7, 11) is 0. The first-order valence-corrected chi connectivity index (χ1v) is 10.1. The molecular weight excluding hydrogens is 372 g/mol. The minimum absolute atomic E-state index is 0.0642. The van der Waals surface area contributed by atoms with Crippen LogP contribution in [0.4, 0.5) is 0 Å². The molecule has 1 aliphatic rings. The standard InChI is InChI=1S/C21H18N4O2S/c22-11-14-7-9-16(10-8-14)25-20(27)17-3-1-2-4-18(17)24-21(25)28-13-19(26)23-12-15-5-6-15/h1-4,7-10,15H,5-6,12-13H2,(H,23,26). The fraction of sp³-hybridized carbons (Fsp3) is 0.238. The Morgan fingerprint density at radius 2 is 1.96 bits per heavy atom. The van der Waals surface area contributed by atoms with Crippen LogP contribution in [0.15, 0.2) is 58.5 Å². The van der Waals surface area contributed by atoms with E-state index in [1.165, 1.54) is 29.2 Å². The lowest BCUT2D eigenvalue weighted by atomic mass is 10.2. The van der Waals surface area contributed by atoms with Gasteiger partial charge in [-0.2, -0.15) is 5.26 Å². The minimum atomic E-state index is -0.198. The molecule has 140 valence electrons. The van der Waals surface area contributed by atoms with E-state index in [4.69, 9.17) is 5.26 Å². The van der Waals surface area contributed by atoms with Crippen LogP contribution >= 0.6 is 11.8 Å². The van der Waals surface area contributed by atoms with E-state index >= 15 is 0 Å². The summed E-state index contributed by atoms with van der Waals surface area (Å²) >= 11 is 1.24. The zero-order chi connectivity index (χ0) is 19.5. The Morgan fingerprint density at radius 3 is 2.68 bits per heavy atom. The molecule has 1 N–H and O–H groups in total. The highest BCUT2D eigenvalue weighted by atomic mass is 32.2. The van der Waals surface area contributed by atoms with Gasteiger partial charge in [0, 0.05) is 6.54 Å². The fourth-order valence-electron chi connectivity index (χ4n) is 2.88. The molecule has 7 heteroatoms. The Morgan fingerprint density at radius 1 is 1.21 bits per heavy atom. The van der Waals surface area contributed by atoms with Gasteiger partial charge in [-0.3, -0.25) is 14.2 Å². The molecule has 2 aromatic carbocycles. The maximum Gasteiger partial charge on any atom is 0.266 e. The molecule has 6 nitrogen and oxygen atoms in total. The number of hydrogen-bond donors (Lipinski definition) is 1. The highest BCUT2D eigenvalue weighted by Gasteiger charge is 2.22. The number of thioether (sulfide) groups is 1. The Bertz CT molecular complexity index is 1130. The monoisotopic (exact) mass is 390 g/mol. The number of benzene rings is 2. The molecule has 0 bridgehead atoms. The van der Waals surface area contributed by atoms with E-state index in [0.717, 1.165) is 0 Å². The summed E-state index contributed by atoms with van der Waals surface area (Å²) in [5.41, 5.74) is 1.52. The van der Waals surface area contributed by atoms with Crippen LogP contribution in [-0.2, 0) is 4.79 Å². The zero-order valence-corrected chi connectivity index (χ0v) is 15.9. The SMILES string of the molecule is N#Cc1ccc(-n2c(SCC(=O)NCC3CC3)nc3ccccc3c2=O)cc1. The highest BCUT2D eigenvalue weighted by molar-refractivity contribution is 7.99.